The van der Waals surface area contributed by atoms with E-state index in [1.54, 1.807) is 33.6 Å². The average molecular weight is 416 g/mol. The predicted octanol–water partition coefficient (Wildman–Crippen LogP) is 2.12. The van der Waals surface area contributed by atoms with Crippen LogP contribution >= 0.6 is 0 Å². The zero-order valence-corrected chi connectivity index (χ0v) is 17.4. The van der Waals surface area contributed by atoms with Crippen LogP contribution in [0.3, 0.4) is 0 Å². The van der Waals surface area contributed by atoms with Crippen LogP contribution in [0.15, 0.2) is 60.3 Å². The Balaban J connectivity index is 1.44. The SMILES string of the molecule is C=CCn1c(=O)c2cnc(Nc3ccc(N4CCN(C)CC4)cc3)nc2n2ccnc12. The molecule has 0 atom stereocenters. The largest absolute Gasteiger partial charge is 0.369 e. The molecular weight excluding hydrogens is 392 g/mol. The molecule has 0 spiro atoms. The van der Waals surface area contributed by atoms with Gasteiger partial charge in [-0.2, -0.15) is 4.98 Å². The number of fused-ring (bicyclic) bond motifs is 3. The van der Waals surface area contributed by atoms with Crippen molar-refractivity contribution in [1.82, 2.24) is 28.8 Å². The highest BCUT2D eigenvalue weighted by atomic mass is 16.1. The highest BCUT2D eigenvalue weighted by Gasteiger charge is 2.15. The molecule has 5 rings (SSSR count). The van der Waals surface area contributed by atoms with Crippen LogP contribution in [0.2, 0.25) is 0 Å². The fraction of sp³-hybridized carbons (Fsp3) is 0.273. The van der Waals surface area contributed by atoms with Crippen LogP contribution in [-0.4, -0.2) is 62.0 Å². The third-order valence-electron chi connectivity index (χ3n) is 5.64. The Morgan fingerprint density at radius 1 is 1.13 bits per heavy atom. The molecule has 0 aliphatic carbocycles. The molecule has 4 aromatic rings. The Morgan fingerprint density at radius 2 is 1.90 bits per heavy atom. The molecule has 9 nitrogen and oxygen atoms in total. The lowest BCUT2D eigenvalue weighted by Gasteiger charge is -2.34. The van der Waals surface area contributed by atoms with Gasteiger partial charge in [-0.15, -0.1) is 6.58 Å². The third-order valence-corrected chi connectivity index (χ3v) is 5.64. The van der Waals surface area contributed by atoms with Crippen molar-refractivity contribution in [2.45, 2.75) is 6.54 Å². The van der Waals surface area contributed by atoms with E-state index in [9.17, 15) is 4.79 Å². The minimum atomic E-state index is -0.184. The fourth-order valence-electron chi connectivity index (χ4n) is 3.91. The van der Waals surface area contributed by atoms with Gasteiger partial charge in [-0.3, -0.25) is 13.8 Å². The molecule has 1 aliphatic heterocycles. The van der Waals surface area contributed by atoms with Gasteiger partial charge in [-0.05, 0) is 31.3 Å². The molecule has 0 radical (unpaired) electrons. The fourth-order valence-corrected chi connectivity index (χ4v) is 3.91. The van der Waals surface area contributed by atoms with Crippen LogP contribution in [0, 0.1) is 0 Å². The molecule has 0 bridgehead atoms. The van der Waals surface area contributed by atoms with Crippen molar-refractivity contribution in [2.75, 3.05) is 43.4 Å². The first-order valence-electron chi connectivity index (χ1n) is 10.3. The van der Waals surface area contributed by atoms with E-state index in [0.29, 0.717) is 29.3 Å². The normalized spacial score (nSPS) is 14.9. The summed E-state index contributed by atoms with van der Waals surface area (Å²) in [6.07, 6.45) is 6.67. The molecule has 0 amide bonds. The number of hydrogen-bond acceptors (Lipinski definition) is 7. The Kier molecular flexibility index (Phi) is 4.87. The second-order valence-electron chi connectivity index (χ2n) is 7.69. The molecule has 4 heterocycles. The molecule has 1 saturated heterocycles. The molecule has 1 aliphatic rings. The second-order valence-corrected chi connectivity index (χ2v) is 7.69. The summed E-state index contributed by atoms with van der Waals surface area (Å²) in [5, 5.41) is 3.68. The van der Waals surface area contributed by atoms with E-state index in [-0.39, 0.29) is 5.56 Å². The number of hydrogen-bond donors (Lipinski definition) is 1. The van der Waals surface area contributed by atoms with Gasteiger partial charge in [0, 0.05) is 62.7 Å². The van der Waals surface area contributed by atoms with Crippen molar-refractivity contribution in [1.29, 1.82) is 0 Å². The van der Waals surface area contributed by atoms with E-state index >= 15 is 0 Å². The maximum absolute atomic E-state index is 12.9. The van der Waals surface area contributed by atoms with E-state index in [2.05, 4.69) is 55.8 Å². The standard InChI is InChI=1S/C22H24N8O/c1-3-9-30-20(31)18-15-24-21(26-19(18)29-10-8-23-22(29)30)25-16-4-6-17(7-5-16)28-13-11-27(2)12-14-28/h3-8,10,15H,1,9,11-14H2,2H3,(H,24,25,26). The lowest BCUT2D eigenvalue weighted by Crippen LogP contribution is -2.44. The number of imidazole rings is 1. The molecule has 31 heavy (non-hydrogen) atoms. The molecule has 0 saturated carbocycles. The van der Waals surface area contributed by atoms with Gasteiger partial charge in [0.25, 0.3) is 5.56 Å². The van der Waals surface area contributed by atoms with Gasteiger partial charge in [-0.25, -0.2) is 9.97 Å². The topological polar surface area (TPSA) is 83.6 Å². The van der Waals surface area contributed by atoms with Crippen molar-refractivity contribution >= 4 is 34.1 Å². The first-order chi connectivity index (χ1) is 15.1. The summed E-state index contributed by atoms with van der Waals surface area (Å²) < 4.78 is 3.35. The van der Waals surface area contributed by atoms with Gasteiger partial charge >= 0.3 is 0 Å². The molecule has 9 heteroatoms. The number of piperazine rings is 1. The number of allylic oxidation sites excluding steroid dienone is 1. The van der Waals surface area contributed by atoms with Crippen LogP contribution < -0.4 is 15.8 Å². The Morgan fingerprint density at radius 3 is 2.65 bits per heavy atom. The van der Waals surface area contributed by atoms with Crippen LogP contribution in [0.25, 0.3) is 16.8 Å². The first kappa shape index (κ1) is 19.3. The predicted molar refractivity (Wildman–Crippen MR) is 122 cm³/mol. The molecular formula is C22H24N8O. The van der Waals surface area contributed by atoms with Crippen molar-refractivity contribution in [3.05, 3.63) is 65.9 Å². The Labute approximate surface area is 179 Å². The smallest absolute Gasteiger partial charge is 0.266 e. The van der Waals surface area contributed by atoms with Crippen LogP contribution in [0.4, 0.5) is 17.3 Å². The van der Waals surface area contributed by atoms with E-state index in [4.69, 9.17) is 0 Å². The number of aromatic nitrogens is 5. The quantitative estimate of drug-likeness (QED) is 0.499. The molecule has 1 fully saturated rings. The van der Waals surface area contributed by atoms with Gasteiger partial charge in [0.1, 0.15) is 5.39 Å². The second kappa shape index (κ2) is 7.84. The van der Waals surface area contributed by atoms with Gasteiger partial charge in [0.2, 0.25) is 11.7 Å². The number of anilines is 3. The summed E-state index contributed by atoms with van der Waals surface area (Å²) in [7, 11) is 2.15. The van der Waals surface area contributed by atoms with E-state index < -0.39 is 0 Å². The van der Waals surface area contributed by atoms with E-state index in [0.717, 1.165) is 31.9 Å². The monoisotopic (exact) mass is 416 g/mol. The summed E-state index contributed by atoms with van der Waals surface area (Å²) in [5.41, 5.74) is 2.43. The molecule has 1 aromatic carbocycles. The summed E-state index contributed by atoms with van der Waals surface area (Å²) >= 11 is 0. The van der Waals surface area contributed by atoms with Gasteiger partial charge in [0.05, 0.1) is 0 Å². The first-order valence-corrected chi connectivity index (χ1v) is 10.3. The van der Waals surface area contributed by atoms with Crippen molar-refractivity contribution in [2.24, 2.45) is 0 Å². The van der Waals surface area contributed by atoms with Crippen molar-refractivity contribution in [3.63, 3.8) is 0 Å². The van der Waals surface area contributed by atoms with E-state index in [1.165, 1.54) is 5.69 Å². The van der Waals surface area contributed by atoms with Crippen molar-refractivity contribution < 1.29 is 0 Å². The molecule has 3 aromatic heterocycles. The minimum Gasteiger partial charge on any atom is -0.369 e. The summed E-state index contributed by atoms with van der Waals surface area (Å²) in [6.45, 7) is 8.30. The van der Waals surface area contributed by atoms with Gasteiger partial charge in [0.15, 0.2) is 5.65 Å². The zero-order chi connectivity index (χ0) is 21.4. The summed E-state index contributed by atoms with van der Waals surface area (Å²) in [4.78, 5) is 30.9. The molecule has 158 valence electrons. The van der Waals surface area contributed by atoms with Gasteiger partial charge in [-0.1, -0.05) is 6.08 Å². The zero-order valence-electron chi connectivity index (χ0n) is 17.4. The van der Waals surface area contributed by atoms with Gasteiger partial charge < -0.3 is 15.1 Å². The van der Waals surface area contributed by atoms with E-state index in [1.807, 2.05) is 12.1 Å². The Hall–Kier alpha value is -3.72. The Bertz CT molecular complexity index is 1300. The summed E-state index contributed by atoms with van der Waals surface area (Å²) in [5.74, 6) is 0.953. The lowest BCUT2D eigenvalue weighted by molar-refractivity contribution is 0.313. The minimum absolute atomic E-state index is 0.184. The summed E-state index contributed by atoms with van der Waals surface area (Å²) in [6, 6.07) is 8.26. The number of likely N-dealkylation sites (N-methyl/N-ethyl adjacent to an activating group) is 1. The number of benzene rings is 1. The number of nitrogens with zero attached hydrogens (tertiary/aromatic N) is 7. The maximum atomic E-state index is 12.9. The maximum Gasteiger partial charge on any atom is 0.266 e. The van der Waals surface area contributed by atoms with Crippen LogP contribution in [0.1, 0.15) is 0 Å². The van der Waals surface area contributed by atoms with Crippen molar-refractivity contribution in [3.8, 4) is 0 Å². The number of nitrogens with one attached hydrogen (secondary N) is 1. The average Bonchev–Trinajstić information content (AvgIpc) is 3.28. The number of rotatable bonds is 5. The molecule has 1 N–H and O–H groups in total. The highest BCUT2D eigenvalue weighted by Crippen LogP contribution is 2.21. The molecule has 0 unspecified atom stereocenters. The van der Waals surface area contributed by atoms with Crippen LogP contribution in [-0.2, 0) is 6.54 Å². The third kappa shape index (κ3) is 3.53. The van der Waals surface area contributed by atoms with Crippen LogP contribution in [0.5, 0.6) is 0 Å². The highest BCUT2D eigenvalue weighted by molar-refractivity contribution is 5.77. The lowest BCUT2D eigenvalue weighted by atomic mass is 10.2.